The smallest absolute Gasteiger partial charge is 0.124 e. The Balaban J connectivity index is 2.49. The normalized spacial score (nSPS) is 14.5. The second kappa shape index (κ2) is 6.47. The average Bonchev–Trinajstić information content (AvgIpc) is 2.24. The summed E-state index contributed by atoms with van der Waals surface area (Å²) in [7, 11) is 0. The minimum absolute atomic E-state index is 0.0977. The van der Waals surface area contributed by atoms with Crippen LogP contribution in [0.5, 0.6) is 11.5 Å². The maximum Gasteiger partial charge on any atom is 0.124 e. The second-order valence-corrected chi connectivity index (χ2v) is 4.38. The molecule has 4 N–H and O–H groups in total. The molecule has 0 aromatic heterocycles. The van der Waals surface area contributed by atoms with Crippen LogP contribution in [0.2, 0.25) is 0 Å². The van der Waals surface area contributed by atoms with Crippen LogP contribution in [-0.2, 0) is 0 Å². The molecule has 0 saturated carbocycles. The van der Waals surface area contributed by atoms with Crippen LogP contribution >= 0.6 is 0 Å². The lowest BCUT2D eigenvalue weighted by Gasteiger charge is -2.17. The van der Waals surface area contributed by atoms with Crippen molar-refractivity contribution in [1.29, 1.82) is 0 Å². The van der Waals surface area contributed by atoms with Gasteiger partial charge in [-0.1, -0.05) is 6.07 Å². The second-order valence-electron chi connectivity index (χ2n) is 4.38. The highest BCUT2D eigenvalue weighted by atomic mass is 16.3. The maximum absolute atomic E-state index is 9.67. The van der Waals surface area contributed by atoms with E-state index in [1.165, 1.54) is 0 Å². The van der Waals surface area contributed by atoms with Gasteiger partial charge in [-0.3, -0.25) is 0 Å². The lowest BCUT2D eigenvalue weighted by atomic mass is 10.1. The monoisotopic (exact) mass is 239 g/mol. The number of phenols is 2. The zero-order valence-corrected chi connectivity index (χ0v) is 10.3. The van der Waals surface area contributed by atoms with Crippen LogP contribution in [0.3, 0.4) is 0 Å². The van der Waals surface area contributed by atoms with Crippen molar-refractivity contribution in [3.05, 3.63) is 23.8 Å². The van der Waals surface area contributed by atoms with E-state index in [1.54, 1.807) is 25.1 Å². The predicted octanol–water partition coefficient (Wildman–Crippen LogP) is 1.91. The molecule has 1 aromatic carbocycles. The number of hydrogen-bond acceptors (Lipinski definition) is 4. The molecule has 0 aliphatic carbocycles. The molecule has 1 aromatic rings. The molecule has 2 unspecified atom stereocenters. The van der Waals surface area contributed by atoms with Gasteiger partial charge in [0.1, 0.15) is 11.5 Å². The lowest BCUT2D eigenvalue weighted by molar-refractivity contribution is 0.181. The zero-order valence-electron chi connectivity index (χ0n) is 10.3. The fraction of sp³-hybridized carbons (Fsp3) is 0.538. The van der Waals surface area contributed by atoms with Crippen molar-refractivity contribution in [1.82, 2.24) is 5.32 Å². The van der Waals surface area contributed by atoms with Crippen molar-refractivity contribution < 1.29 is 15.3 Å². The van der Waals surface area contributed by atoms with Gasteiger partial charge in [-0.05, 0) is 45.4 Å². The van der Waals surface area contributed by atoms with Gasteiger partial charge in [0, 0.05) is 6.04 Å². The Morgan fingerprint density at radius 2 is 1.76 bits per heavy atom. The molecule has 96 valence electrons. The predicted molar refractivity (Wildman–Crippen MR) is 67.1 cm³/mol. The summed E-state index contributed by atoms with van der Waals surface area (Å²) in [5.74, 6) is 0.195. The molecule has 0 spiro atoms. The van der Waals surface area contributed by atoms with Crippen LogP contribution in [0.4, 0.5) is 0 Å². The number of phenolic OH excluding ortho intramolecular Hbond substituents is 2. The minimum atomic E-state index is -0.286. The lowest BCUT2D eigenvalue weighted by Crippen LogP contribution is -2.21. The van der Waals surface area contributed by atoms with Gasteiger partial charge in [-0.15, -0.1) is 0 Å². The van der Waals surface area contributed by atoms with E-state index >= 15 is 0 Å². The highest BCUT2D eigenvalue weighted by Crippen LogP contribution is 2.31. The van der Waals surface area contributed by atoms with Crippen molar-refractivity contribution in [2.45, 2.75) is 38.8 Å². The van der Waals surface area contributed by atoms with E-state index in [0.29, 0.717) is 5.56 Å². The topological polar surface area (TPSA) is 72.7 Å². The molecule has 0 aliphatic heterocycles. The summed E-state index contributed by atoms with van der Waals surface area (Å²) in [6, 6.07) is 4.60. The summed E-state index contributed by atoms with van der Waals surface area (Å²) in [5, 5.41) is 31.7. The van der Waals surface area contributed by atoms with Gasteiger partial charge >= 0.3 is 0 Å². The highest BCUT2D eigenvalue weighted by Gasteiger charge is 2.13. The third kappa shape index (κ3) is 4.24. The molecule has 1 rings (SSSR count). The summed E-state index contributed by atoms with van der Waals surface area (Å²) in [6.07, 6.45) is 1.31. The van der Waals surface area contributed by atoms with Gasteiger partial charge in [-0.25, -0.2) is 0 Å². The van der Waals surface area contributed by atoms with Crippen LogP contribution in [-0.4, -0.2) is 28.0 Å². The van der Waals surface area contributed by atoms with Crippen molar-refractivity contribution in [3.63, 3.8) is 0 Å². The number of rotatable bonds is 6. The fourth-order valence-electron chi connectivity index (χ4n) is 1.80. The molecule has 0 fully saturated rings. The molecule has 0 aliphatic rings. The van der Waals surface area contributed by atoms with Gasteiger partial charge in [0.05, 0.1) is 11.7 Å². The first-order valence-corrected chi connectivity index (χ1v) is 5.94. The van der Waals surface area contributed by atoms with E-state index in [-0.39, 0.29) is 23.6 Å². The van der Waals surface area contributed by atoms with E-state index in [4.69, 9.17) is 5.11 Å². The van der Waals surface area contributed by atoms with E-state index < -0.39 is 0 Å². The van der Waals surface area contributed by atoms with Crippen LogP contribution < -0.4 is 5.32 Å². The van der Waals surface area contributed by atoms with Gasteiger partial charge in [0.2, 0.25) is 0 Å². The molecule has 2 atom stereocenters. The maximum atomic E-state index is 9.67. The van der Waals surface area contributed by atoms with Gasteiger partial charge in [0.25, 0.3) is 0 Å². The zero-order chi connectivity index (χ0) is 12.8. The van der Waals surface area contributed by atoms with Crippen LogP contribution in [0.15, 0.2) is 18.2 Å². The standard InChI is InChI=1S/C13H21NO3/c1-9(15)5-4-8-14-10(2)13-11(16)6-3-7-12(13)17/h3,6-7,9-10,14-17H,4-5,8H2,1-2H3. The number of benzene rings is 1. The molecule has 17 heavy (non-hydrogen) atoms. The Bertz CT molecular complexity index is 332. The highest BCUT2D eigenvalue weighted by molar-refractivity contribution is 5.44. The fourth-order valence-corrected chi connectivity index (χ4v) is 1.80. The summed E-state index contributed by atoms with van der Waals surface area (Å²) >= 11 is 0. The third-order valence-corrected chi connectivity index (χ3v) is 2.74. The number of aliphatic hydroxyl groups excluding tert-OH is 1. The Kier molecular flexibility index (Phi) is 5.25. The third-order valence-electron chi connectivity index (χ3n) is 2.74. The van der Waals surface area contributed by atoms with Gasteiger partial charge in [-0.2, -0.15) is 0 Å². The Hall–Kier alpha value is -1.26. The van der Waals surface area contributed by atoms with E-state index in [2.05, 4.69) is 5.32 Å². The molecular weight excluding hydrogens is 218 g/mol. The SMILES string of the molecule is CC(O)CCCNC(C)c1c(O)cccc1O. The Labute approximate surface area is 102 Å². The van der Waals surface area contributed by atoms with Crippen LogP contribution in [0, 0.1) is 0 Å². The largest absolute Gasteiger partial charge is 0.507 e. The average molecular weight is 239 g/mol. The van der Waals surface area contributed by atoms with Crippen molar-refractivity contribution >= 4 is 0 Å². The van der Waals surface area contributed by atoms with Gasteiger partial charge < -0.3 is 20.6 Å². The molecule has 4 heteroatoms. The number of nitrogens with one attached hydrogen (secondary N) is 1. The number of aromatic hydroxyl groups is 2. The molecule has 0 radical (unpaired) electrons. The first kappa shape index (κ1) is 13.8. The first-order valence-electron chi connectivity index (χ1n) is 5.94. The van der Waals surface area contributed by atoms with Crippen LogP contribution in [0.25, 0.3) is 0 Å². The van der Waals surface area contributed by atoms with Crippen molar-refractivity contribution in [2.24, 2.45) is 0 Å². The first-order chi connectivity index (χ1) is 8.02. The molecule has 0 heterocycles. The summed E-state index contributed by atoms with van der Waals surface area (Å²) < 4.78 is 0. The quantitative estimate of drug-likeness (QED) is 0.572. The minimum Gasteiger partial charge on any atom is -0.507 e. The summed E-state index contributed by atoms with van der Waals surface area (Å²) in [6.45, 7) is 4.38. The van der Waals surface area contributed by atoms with E-state index in [0.717, 1.165) is 19.4 Å². The summed E-state index contributed by atoms with van der Waals surface area (Å²) in [4.78, 5) is 0. The van der Waals surface area contributed by atoms with Crippen molar-refractivity contribution in [2.75, 3.05) is 6.54 Å². The number of aliphatic hydroxyl groups is 1. The van der Waals surface area contributed by atoms with Crippen molar-refractivity contribution in [3.8, 4) is 11.5 Å². The molecule has 0 bridgehead atoms. The Morgan fingerprint density at radius 3 is 2.29 bits per heavy atom. The van der Waals surface area contributed by atoms with Crippen LogP contribution in [0.1, 0.15) is 38.3 Å². The molecule has 0 saturated heterocycles. The molecular formula is C13H21NO3. The number of hydrogen-bond donors (Lipinski definition) is 4. The molecule has 4 nitrogen and oxygen atoms in total. The Morgan fingerprint density at radius 1 is 1.18 bits per heavy atom. The van der Waals surface area contributed by atoms with E-state index in [1.807, 2.05) is 6.92 Å². The van der Waals surface area contributed by atoms with Gasteiger partial charge in [0.15, 0.2) is 0 Å². The van der Waals surface area contributed by atoms with E-state index in [9.17, 15) is 10.2 Å². The molecule has 0 amide bonds. The summed E-state index contributed by atoms with van der Waals surface area (Å²) in [5.41, 5.74) is 0.518.